The van der Waals surface area contributed by atoms with Crippen molar-refractivity contribution in [2.24, 2.45) is 0 Å². The number of anilines is 1. The van der Waals surface area contributed by atoms with E-state index in [0.717, 1.165) is 10.6 Å². The highest BCUT2D eigenvalue weighted by Gasteiger charge is 2.22. The first-order valence-corrected chi connectivity index (χ1v) is 7.88. The molecule has 100 valence electrons. The smallest absolute Gasteiger partial charge is 0.326 e. The summed E-state index contributed by atoms with van der Waals surface area (Å²) in [5, 5.41) is 0. The largest absolute Gasteiger partial charge is 0.465 e. The summed E-state index contributed by atoms with van der Waals surface area (Å²) < 4.78 is 29.8. The molecule has 0 atom stereocenters. The lowest BCUT2D eigenvalue weighted by Gasteiger charge is -2.22. The first kappa shape index (κ1) is 15.0. The van der Waals surface area contributed by atoms with E-state index in [1.807, 2.05) is 0 Å². The van der Waals surface area contributed by atoms with Crippen LogP contribution in [-0.2, 0) is 19.6 Å². The average Bonchev–Trinajstić information content (AvgIpc) is 2.26. The van der Waals surface area contributed by atoms with Crippen molar-refractivity contribution in [2.75, 3.05) is 23.7 Å². The molecule has 1 aromatic carbocycles. The van der Waals surface area contributed by atoms with Gasteiger partial charge in [0.05, 0.1) is 18.6 Å². The average molecular weight is 336 g/mol. The van der Waals surface area contributed by atoms with Crippen LogP contribution in [0.4, 0.5) is 5.69 Å². The lowest BCUT2D eigenvalue weighted by Crippen LogP contribution is -2.36. The molecule has 18 heavy (non-hydrogen) atoms. The molecule has 1 aromatic rings. The molecule has 0 heterocycles. The van der Waals surface area contributed by atoms with Crippen LogP contribution in [0.15, 0.2) is 28.7 Å². The summed E-state index contributed by atoms with van der Waals surface area (Å²) in [6.07, 6.45) is 1.05. The number of rotatable bonds is 5. The fourth-order valence-electron chi connectivity index (χ4n) is 1.36. The number of sulfonamides is 1. The fraction of sp³-hybridized carbons (Fsp3) is 0.364. The normalized spacial score (nSPS) is 11.1. The van der Waals surface area contributed by atoms with Gasteiger partial charge in [0.1, 0.15) is 6.54 Å². The maximum Gasteiger partial charge on any atom is 0.326 e. The standard InChI is InChI=1S/C11H14BrNO4S/c1-3-17-11(14)8-13(18(2,15)16)10-7-5-4-6-9(10)12/h4-7H,3,8H2,1-2H3. The number of carbonyl (C=O) groups is 1. The van der Waals surface area contributed by atoms with E-state index in [9.17, 15) is 13.2 Å². The molecule has 0 aliphatic rings. The molecule has 0 saturated heterocycles. The molecule has 0 unspecified atom stereocenters. The Morgan fingerprint density at radius 3 is 2.50 bits per heavy atom. The minimum atomic E-state index is -3.55. The van der Waals surface area contributed by atoms with Crippen LogP contribution in [0.25, 0.3) is 0 Å². The minimum absolute atomic E-state index is 0.215. The Morgan fingerprint density at radius 2 is 2.00 bits per heavy atom. The number of hydrogen-bond donors (Lipinski definition) is 0. The first-order valence-electron chi connectivity index (χ1n) is 5.24. The highest BCUT2D eigenvalue weighted by Crippen LogP contribution is 2.27. The Morgan fingerprint density at radius 1 is 1.39 bits per heavy atom. The highest BCUT2D eigenvalue weighted by molar-refractivity contribution is 9.10. The third kappa shape index (κ3) is 3.99. The van der Waals surface area contributed by atoms with Gasteiger partial charge in [-0.3, -0.25) is 9.10 Å². The second-order valence-corrected chi connectivity index (χ2v) is 6.29. The summed E-state index contributed by atoms with van der Waals surface area (Å²) >= 11 is 3.26. The Kier molecular flexibility index (Phi) is 5.15. The molecule has 1 rings (SSSR count). The van der Waals surface area contributed by atoms with Gasteiger partial charge in [-0.1, -0.05) is 12.1 Å². The van der Waals surface area contributed by atoms with Crippen molar-refractivity contribution in [3.8, 4) is 0 Å². The molecule has 0 fully saturated rings. The molecule has 0 spiro atoms. The third-order valence-electron chi connectivity index (χ3n) is 2.10. The quantitative estimate of drug-likeness (QED) is 0.769. The second-order valence-electron chi connectivity index (χ2n) is 3.53. The number of para-hydroxylation sites is 1. The van der Waals surface area contributed by atoms with Gasteiger partial charge >= 0.3 is 5.97 Å². The van der Waals surface area contributed by atoms with Crippen LogP contribution in [0.1, 0.15) is 6.92 Å². The van der Waals surface area contributed by atoms with E-state index in [2.05, 4.69) is 15.9 Å². The van der Waals surface area contributed by atoms with Crippen molar-refractivity contribution >= 4 is 37.6 Å². The van der Waals surface area contributed by atoms with E-state index >= 15 is 0 Å². The molecule has 0 saturated carbocycles. The Balaban J connectivity index is 3.08. The van der Waals surface area contributed by atoms with Gasteiger partial charge in [-0.25, -0.2) is 8.42 Å². The number of benzene rings is 1. The van der Waals surface area contributed by atoms with Crippen molar-refractivity contribution in [1.82, 2.24) is 0 Å². The molecule has 0 amide bonds. The van der Waals surface area contributed by atoms with Crippen LogP contribution >= 0.6 is 15.9 Å². The van der Waals surface area contributed by atoms with E-state index in [1.165, 1.54) is 0 Å². The van der Waals surface area contributed by atoms with Crippen LogP contribution in [-0.4, -0.2) is 33.8 Å². The van der Waals surface area contributed by atoms with Gasteiger partial charge < -0.3 is 4.74 Å². The van der Waals surface area contributed by atoms with Gasteiger partial charge in [0.25, 0.3) is 0 Å². The summed E-state index contributed by atoms with van der Waals surface area (Å²) in [6, 6.07) is 6.78. The van der Waals surface area contributed by atoms with E-state index in [1.54, 1.807) is 31.2 Å². The third-order valence-corrected chi connectivity index (χ3v) is 3.90. The summed E-state index contributed by atoms with van der Waals surface area (Å²) in [6.45, 7) is 1.54. The molecule has 0 bridgehead atoms. The van der Waals surface area contributed by atoms with Crippen molar-refractivity contribution in [3.05, 3.63) is 28.7 Å². The van der Waals surface area contributed by atoms with E-state index in [-0.39, 0.29) is 13.2 Å². The zero-order chi connectivity index (χ0) is 13.8. The lowest BCUT2D eigenvalue weighted by atomic mass is 10.3. The molecule has 0 aliphatic heterocycles. The van der Waals surface area contributed by atoms with E-state index in [0.29, 0.717) is 10.2 Å². The highest BCUT2D eigenvalue weighted by atomic mass is 79.9. The van der Waals surface area contributed by atoms with Crippen molar-refractivity contribution in [1.29, 1.82) is 0 Å². The van der Waals surface area contributed by atoms with Gasteiger partial charge in [0, 0.05) is 4.47 Å². The molecule has 0 aliphatic carbocycles. The molecule has 0 N–H and O–H groups in total. The van der Waals surface area contributed by atoms with E-state index < -0.39 is 16.0 Å². The first-order chi connectivity index (χ1) is 8.36. The molecule has 5 nitrogen and oxygen atoms in total. The Hall–Kier alpha value is -1.08. The number of ether oxygens (including phenoxy) is 1. The molecule has 0 radical (unpaired) electrons. The summed E-state index contributed by atoms with van der Waals surface area (Å²) in [4.78, 5) is 11.4. The van der Waals surface area contributed by atoms with Gasteiger partial charge in [-0.05, 0) is 35.0 Å². The second kappa shape index (κ2) is 6.19. The van der Waals surface area contributed by atoms with Crippen LogP contribution in [0.5, 0.6) is 0 Å². The zero-order valence-electron chi connectivity index (χ0n) is 10.1. The predicted octanol–water partition coefficient (Wildman–Crippen LogP) is 1.78. The van der Waals surface area contributed by atoms with Gasteiger partial charge in [0.15, 0.2) is 0 Å². The number of halogens is 1. The maximum atomic E-state index is 11.7. The number of hydrogen-bond acceptors (Lipinski definition) is 4. The van der Waals surface area contributed by atoms with Gasteiger partial charge in [-0.15, -0.1) is 0 Å². The van der Waals surface area contributed by atoms with Gasteiger partial charge in [-0.2, -0.15) is 0 Å². The van der Waals surface area contributed by atoms with Crippen LogP contribution < -0.4 is 4.31 Å². The van der Waals surface area contributed by atoms with Crippen LogP contribution in [0, 0.1) is 0 Å². The summed E-state index contributed by atoms with van der Waals surface area (Å²) in [5.74, 6) is -0.585. The monoisotopic (exact) mass is 335 g/mol. The topological polar surface area (TPSA) is 63.7 Å². The fourth-order valence-corrected chi connectivity index (χ4v) is 2.83. The van der Waals surface area contributed by atoms with Crippen molar-refractivity contribution in [2.45, 2.75) is 6.92 Å². The predicted molar refractivity (Wildman–Crippen MR) is 73.0 cm³/mol. The molecule has 0 aromatic heterocycles. The van der Waals surface area contributed by atoms with Crippen molar-refractivity contribution in [3.63, 3.8) is 0 Å². The van der Waals surface area contributed by atoms with E-state index in [4.69, 9.17) is 4.74 Å². The Labute approximate surface area is 115 Å². The van der Waals surface area contributed by atoms with Gasteiger partial charge in [0.2, 0.25) is 10.0 Å². The van der Waals surface area contributed by atoms with Crippen LogP contribution in [0.3, 0.4) is 0 Å². The van der Waals surface area contributed by atoms with Crippen molar-refractivity contribution < 1.29 is 17.9 Å². The maximum absolute atomic E-state index is 11.7. The molecular formula is C11H14BrNO4S. The number of nitrogens with zero attached hydrogens (tertiary/aromatic N) is 1. The summed E-state index contributed by atoms with van der Waals surface area (Å²) in [5.41, 5.74) is 0.410. The number of esters is 1. The van der Waals surface area contributed by atoms with Crippen LogP contribution in [0.2, 0.25) is 0 Å². The minimum Gasteiger partial charge on any atom is -0.465 e. The molecular weight excluding hydrogens is 322 g/mol. The summed E-state index contributed by atoms with van der Waals surface area (Å²) in [7, 11) is -3.55. The lowest BCUT2D eigenvalue weighted by molar-refractivity contribution is -0.141. The SMILES string of the molecule is CCOC(=O)CN(c1ccccc1Br)S(C)(=O)=O. The molecule has 7 heteroatoms. The number of carbonyl (C=O) groups excluding carboxylic acids is 1. The Bertz CT molecular complexity index is 530. The zero-order valence-corrected chi connectivity index (χ0v) is 12.5.